The van der Waals surface area contributed by atoms with E-state index in [1.165, 1.54) is 0 Å². The standard InChI is InChI=1S/C7H14OSe2/c1-5(2)8-7(9)10-6(3)4/h5-6H,1-4H3. The van der Waals surface area contributed by atoms with E-state index in [9.17, 15) is 0 Å². The van der Waals surface area contributed by atoms with E-state index in [-0.39, 0.29) is 0 Å². The van der Waals surface area contributed by atoms with Crippen molar-refractivity contribution < 1.29 is 4.74 Å². The third kappa shape index (κ3) is 6.82. The van der Waals surface area contributed by atoms with E-state index in [1.807, 2.05) is 13.8 Å². The fourth-order valence-electron chi connectivity index (χ4n) is 0.413. The molecule has 0 saturated carbocycles. The summed E-state index contributed by atoms with van der Waals surface area (Å²) in [5.74, 6) is 0. The van der Waals surface area contributed by atoms with Crippen LogP contribution >= 0.6 is 0 Å². The van der Waals surface area contributed by atoms with Crippen LogP contribution in [0.25, 0.3) is 0 Å². The minimum absolute atomic E-state index is 0.317. The van der Waals surface area contributed by atoms with E-state index in [2.05, 4.69) is 29.4 Å². The Hall–Kier alpha value is 0.709. The fraction of sp³-hybridized carbons (Fsp3) is 0.857. The molecule has 0 unspecified atom stereocenters. The molecule has 0 aliphatic heterocycles. The maximum atomic E-state index is 5.45. The molecule has 0 N–H and O–H groups in total. The van der Waals surface area contributed by atoms with Crippen molar-refractivity contribution in [1.82, 2.24) is 0 Å². The van der Waals surface area contributed by atoms with Gasteiger partial charge in [0.15, 0.2) is 0 Å². The van der Waals surface area contributed by atoms with Crippen LogP contribution in [0.1, 0.15) is 27.7 Å². The number of ether oxygens (including phenoxy) is 1. The molecule has 0 aliphatic rings. The molecular formula is C7H14OSe2. The van der Waals surface area contributed by atoms with Gasteiger partial charge in [-0.05, 0) is 0 Å². The summed E-state index contributed by atoms with van der Waals surface area (Å²) in [6, 6.07) is 0. The van der Waals surface area contributed by atoms with Gasteiger partial charge in [-0.2, -0.15) is 0 Å². The van der Waals surface area contributed by atoms with Crippen LogP contribution < -0.4 is 0 Å². The van der Waals surface area contributed by atoms with Crippen LogP contribution in [0, 0.1) is 0 Å². The molecule has 1 nitrogen and oxygen atoms in total. The molecule has 0 radical (unpaired) electrons. The number of hydrogen-bond acceptors (Lipinski definition) is 1. The van der Waals surface area contributed by atoms with E-state index in [1.54, 1.807) is 0 Å². The van der Waals surface area contributed by atoms with Crippen molar-refractivity contribution in [3.8, 4) is 0 Å². The summed E-state index contributed by atoms with van der Waals surface area (Å²) in [6.45, 7) is 8.52. The summed E-state index contributed by atoms with van der Waals surface area (Å²) in [5.41, 5.74) is 0. The third-order valence-corrected chi connectivity index (χ3v) is 3.51. The molecule has 60 valence electrons. The molecule has 0 heterocycles. The first-order chi connectivity index (χ1) is 4.52. The summed E-state index contributed by atoms with van der Waals surface area (Å²) in [6.07, 6.45) is 0.317. The molecule has 0 spiro atoms. The Morgan fingerprint density at radius 1 is 1.30 bits per heavy atom. The van der Waals surface area contributed by atoms with Crippen LogP contribution in [0.3, 0.4) is 0 Å². The van der Waals surface area contributed by atoms with E-state index >= 15 is 0 Å². The van der Waals surface area contributed by atoms with Gasteiger partial charge in [0.25, 0.3) is 0 Å². The Kier molecular flexibility index (Phi) is 5.75. The van der Waals surface area contributed by atoms with Crippen LogP contribution in [-0.2, 0) is 4.74 Å². The first-order valence-electron chi connectivity index (χ1n) is 3.39. The average molecular weight is 272 g/mol. The van der Waals surface area contributed by atoms with Gasteiger partial charge < -0.3 is 0 Å². The molecule has 0 amide bonds. The van der Waals surface area contributed by atoms with Crippen molar-refractivity contribution in [3.05, 3.63) is 0 Å². The molecule has 0 rings (SSSR count). The van der Waals surface area contributed by atoms with E-state index < -0.39 is 0 Å². The monoisotopic (exact) mass is 274 g/mol. The van der Waals surface area contributed by atoms with Gasteiger partial charge in [-0.25, -0.2) is 0 Å². The Bertz CT molecular complexity index is 98.2. The summed E-state index contributed by atoms with van der Waals surface area (Å²) in [5, 5.41) is 0. The minimum atomic E-state index is 0.317. The quantitative estimate of drug-likeness (QED) is 0.699. The van der Waals surface area contributed by atoms with Crippen LogP contribution in [0.2, 0.25) is 4.82 Å². The van der Waals surface area contributed by atoms with E-state index in [0.29, 0.717) is 21.1 Å². The van der Waals surface area contributed by atoms with Crippen LogP contribution in [0.4, 0.5) is 0 Å². The molecule has 0 saturated heterocycles. The molecule has 0 aromatic rings. The van der Waals surface area contributed by atoms with Crippen molar-refractivity contribution in [1.29, 1.82) is 0 Å². The predicted octanol–water partition coefficient (Wildman–Crippen LogP) is 1.20. The van der Waals surface area contributed by atoms with Gasteiger partial charge in [0, 0.05) is 0 Å². The summed E-state index contributed by atoms with van der Waals surface area (Å²) in [7, 11) is 0. The topological polar surface area (TPSA) is 9.23 Å². The van der Waals surface area contributed by atoms with Crippen molar-refractivity contribution in [2.45, 2.75) is 38.6 Å². The zero-order chi connectivity index (χ0) is 8.15. The normalized spacial score (nSPS) is 10.6. The Balaban J connectivity index is 3.44. The molecule has 3 heteroatoms. The van der Waals surface area contributed by atoms with E-state index in [4.69, 9.17) is 4.74 Å². The molecular weight excluding hydrogens is 258 g/mol. The maximum absolute atomic E-state index is 5.45. The second kappa shape index (κ2) is 5.37. The first kappa shape index (κ1) is 10.7. The SMILES string of the molecule is CC(C)OC(=[Se])[Se]C(C)C. The zero-order valence-corrected chi connectivity index (χ0v) is 10.3. The predicted molar refractivity (Wildman–Crippen MR) is 47.8 cm³/mol. The third-order valence-electron chi connectivity index (χ3n) is 0.664. The van der Waals surface area contributed by atoms with Gasteiger partial charge in [0.2, 0.25) is 0 Å². The zero-order valence-electron chi connectivity index (χ0n) is 6.88. The summed E-state index contributed by atoms with van der Waals surface area (Å²) >= 11 is 3.47. The molecule has 0 aromatic carbocycles. The molecule has 0 fully saturated rings. The van der Waals surface area contributed by atoms with Gasteiger partial charge >= 0.3 is 77.4 Å². The van der Waals surface area contributed by atoms with Gasteiger partial charge in [-0.3, -0.25) is 0 Å². The van der Waals surface area contributed by atoms with Crippen molar-refractivity contribution in [2.24, 2.45) is 0 Å². The van der Waals surface area contributed by atoms with Crippen LogP contribution in [0.15, 0.2) is 0 Å². The van der Waals surface area contributed by atoms with Crippen molar-refractivity contribution in [2.75, 3.05) is 0 Å². The van der Waals surface area contributed by atoms with Crippen molar-refractivity contribution in [3.63, 3.8) is 0 Å². The average Bonchev–Trinajstić information content (AvgIpc) is 1.58. The molecule has 10 heavy (non-hydrogen) atoms. The van der Waals surface area contributed by atoms with Crippen LogP contribution in [-0.4, -0.2) is 40.1 Å². The van der Waals surface area contributed by atoms with Gasteiger partial charge in [0.05, 0.1) is 0 Å². The fourth-order valence-corrected chi connectivity index (χ4v) is 4.24. The molecule has 0 bridgehead atoms. The second-order valence-electron chi connectivity index (χ2n) is 2.58. The molecule has 0 aliphatic carbocycles. The van der Waals surface area contributed by atoms with Gasteiger partial charge in [0.1, 0.15) is 0 Å². The Morgan fingerprint density at radius 2 is 1.80 bits per heavy atom. The van der Waals surface area contributed by atoms with Gasteiger partial charge in [-0.15, -0.1) is 0 Å². The van der Waals surface area contributed by atoms with Gasteiger partial charge in [-0.1, -0.05) is 0 Å². The first-order valence-corrected chi connectivity index (χ1v) is 6.10. The number of hydrogen-bond donors (Lipinski definition) is 0. The molecule has 0 aromatic heterocycles. The summed E-state index contributed by atoms with van der Waals surface area (Å²) < 4.78 is 6.54. The summed E-state index contributed by atoms with van der Waals surface area (Å²) in [4.78, 5) is 0.738. The Labute approximate surface area is 77.4 Å². The van der Waals surface area contributed by atoms with Crippen LogP contribution in [0.5, 0.6) is 0 Å². The molecule has 0 atom stereocenters. The van der Waals surface area contributed by atoms with E-state index in [0.717, 1.165) is 8.32 Å². The second-order valence-corrected chi connectivity index (χ2v) is 7.92. The Morgan fingerprint density at radius 3 is 2.10 bits per heavy atom. The van der Waals surface area contributed by atoms with Crippen molar-refractivity contribution >= 4 is 34.0 Å². The number of rotatable bonds is 4.